The van der Waals surface area contributed by atoms with Crippen molar-refractivity contribution >= 4 is 11.6 Å². The molecule has 1 rings (SSSR count). The molecule has 0 saturated heterocycles. The Morgan fingerprint density at radius 2 is 2.08 bits per heavy atom. The van der Waals surface area contributed by atoms with Crippen molar-refractivity contribution in [3.8, 4) is 5.75 Å². The predicted octanol–water partition coefficient (Wildman–Crippen LogP) is 3.17. The van der Waals surface area contributed by atoms with Crippen LogP contribution in [0.2, 0.25) is 0 Å². The molecule has 1 nitrogen and oxygen atoms in total. The largest absolute Gasteiger partial charge is 0.434 e. The van der Waals surface area contributed by atoms with Crippen LogP contribution in [-0.4, -0.2) is 6.61 Å². The summed E-state index contributed by atoms with van der Waals surface area (Å²) in [7, 11) is 0. The molecule has 0 fully saturated rings. The summed E-state index contributed by atoms with van der Waals surface area (Å²) in [6.45, 7) is -2.97. The Bertz CT molecular complexity index is 291. The molecule has 0 atom stereocenters. The Labute approximate surface area is 78.1 Å². The molecule has 1 aromatic rings. The Kier molecular flexibility index (Phi) is 3.42. The van der Waals surface area contributed by atoms with Crippen LogP contribution in [0.15, 0.2) is 18.2 Å². The topological polar surface area (TPSA) is 9.23 Å². The molecular formula is C8H6ClF3O. The van der Waals surface area contributed by atoms with Crippen LogP contribution in [0, 0.1) is 5.82 Å². The summed E-state index contributed by atoms with van der Waals surface area (Å²) in [6.07, 6.45) is 0. The Morgan fingerprint density at radius 3 is 2.62 bits per heavy atom. The Balaban J connectivity index is 2.94. The van der Waals surface area contributed by atoms with Gasteiger partial charge in [0.15, 0.2) is 0 Å². The van der Waals surface area contributed by atoms with Crippen LogP contribution < -0.4 is 4.74 Å². The third kappa shape index (κ3) is 2.81. The Morgan fingerprint density at radius 1 is 1.38 bits per heavy atom. The summed E-state index contributed by atoms with van der Waals surface area (Å²) in [5, 5.41) is 0. The van der Waals surface area contributed by atoms with E-state index < -0.39 is 12.4 Å². The zero-order chi connectivity index (χ0) is 9.84. The molecule has 0 saturated carbocycles. The van der Waals surface area contributed by atoms with Crippen molar-refractivity contribution in [2.45, 2.75) is 12.5 Å². The second-order valence-electron chi connectivity index (χ2n) is 2.26. The molecule has 0 aliphatic rings. The SMILES string of the molecule is Fc1ccc(CCl)c(OC(F)F)c1. The molecule has 0 aliphatic carbocycles. The van der Waals surface area contributed by atoms with Crippen LogP contribution in [-0.2, 0) is 5.88 Å². The first-order chi connectivity index (χ1) is 6.13. The molecule has 0 aliphatic heterocycles. The van der Waals surface area contributed by atoms with Gasteiger partial charge in [-0.3, -0.25) is 0 Å². The molecule has 0 amide bonds. The highest BCUT2D eigenvalue weighted by atomic mass is 35.5. The normalized spacial score (nSPS) is 10.5. The first-order valence-electron chi connectivity index (χ1n) is 3.42. The van der Waals surface area contributed by atoms with Gasteiger partial charge in [-0.1, -0.05) is 6.07 Å². The fraction of sp³-hybridized carbons (Fsp3) is 0.250. The van der Waals surface area contributed by atoms with Gasteiger partial charge in [-0.2, -0.15) is 8.78 Å². The maximum absolute atomic E-state index is 12.6. The van der Waals surface area contributed by atoms with E-state index in [4.69, 9.17) is 11.6 Å². The summed E-state index contributed by atoms with van der Waals surface area (Å²) >= 11 is 5.42. The van der Waals surface area contributed by atoms with Crippen molar-refractivity contribution in [3.05, 3.63) is 29.6 Å². The average molecular weight is 211 g/mol. The molecule has 0 heterocycles. The molecule has 72 valence electrons. The maximum atomic E-state index is 12.6. The van der Waals surface area contributed by atoms with Gasteiger partial charge >= 0.3 is 6.61 Å². The fourth-order valence-electron chi connectivity index (χ4n) is 0.844. The molecular weight excluding hydrogens is 205 g/mol. The minimum atomic E-state index is -2.97. The van der Waals surface area contributed by atoms with Crippen molar-refractivity contribution in [3.63, 3.8) is 0 Å². The van der Waals surface area contributed by atoms with Gasteiger partial charge in [0.1, 0.15) is 11.6 Å². The third-order valence-corrected chi connectivity index (χ3v) is 1.68. The van der Waals surface area contributed by atoms with Crippen molar-refractivity contribution in [2.24, 2.45) is 0 Å². The van der Waals surface area contributed by atoms with Crippen molar-refractivity contribution in [1.29, 1.82) is 0 Å². The second-order valence-corrected chi connectivity index (χ2v) is 2.53. The highest BCUT2D eigenvalue weighted by Crippen LogP contribution is 2.23. The summed E-state index contributed by atoms with van der Waals surface area (Å²) < 4.78 is 40.2. The van der Waals surface area contributed by atoms with Crippen LogP contribution in [0.5, 0.6) is 5.75 Å². The lowest BCUT2D eigenvalue weighted by Gasteiger charge is -2.08. The first kappa shape index (κ1) is 10.2. The molecule has 0 N–H and O–H groups in total. The molecule has 0 aromatic heterocycles. The van der Waals surface area contributed by atoms with E-state index in [0.29, 0.717) is 5.56 Å². The molecule has 0 bridgehead atoms. The van der Waals surface area contributed by atoms with Gasteiger partial charge in [0.25, 0.3) is 0 Å². The average Bonchev–Trinajstić information content (AvgIpc) is 2.03. The predicted molar refractivity (Wildman–Crippen MR) is 42.6 cm³/mol. The van der Waals surface area contributed by atoms with Crippen LogP contribution in [0.1, 0.15) is 5.56 Å². The van der Waals surface area contributed by atoms with Crippen molar-refractivity contribution in [1.82, 2.24) is 0 Å². The summed E-state index contributed by atoms with van der Waals surface area (Å²) in [5.41, 5.74) is 0.336. The van der Waals surface area contributed by atoms with Crippen LogP contribution in [0.25, 0.3) is 0 Å². The third-order valence-electron chi connectivity index (χ3n) is 1.39. The van der Waals surface area contributed by atoms with Crippen LogP contribution in [0.3, 0.4) is 0 Å². The number of hydrogen-bond acceptors (Lipinski definition) is 1. The van der Waals surface area contributed by atoms with Gasteiger partial charge in [0.05, 0.1) is 5.88 Å². The highest BCUT2D eigenvalue weighted by molar-refractivity contribution is 6.17. The maximum Gasteiger partial charge on any atom is 0.387 e. The van der Waals surface area contributed by atoms with Gasteiger partial charge < -0.3 is 4.74 Å². The van der Waals surface area contributed by atoms with Gasteiger partial charge in [0.2, 0.25) is 0 Å². The number of rotatable bonds is 3. The van der Waals surface area contributed by atoms with Gasteiger partial charge in [0, 0.05) is 11.6 Å². The zero-order valence-electron chi connectivity index (χ0n) is 6.44. The summed E-state index contributed by atoms with van der Waals surface area (Å²) in [4.78, 5) is 0. The number of halogens is 4. The second kappa shape index (κ2) is 4.37. The quantitative estimate of drug-likeness (QED) is 0.697. The standard InChI is InChI=1S/C8H6ClF3O/c9-4-5-1-2-6(10)3-7(5)13-8(11)12/h1-3,8H,4H2. The monoisotopic (exact) mass is 210 g/mol. The van der Waals surface area contributed by atoms with Crippen molar-refractivity contribution in [2.75, 3.05) is 0 Å². The van der Waals surface area contributed by atoms with Crippen LogP contribution in [0.4, 0.5) is 13.2 Å². The van der Waals surface area contributed by atoms with E-state index >= 15 is 0 Å². The number of hydrogen-bond donors (Lipinski definition) is 0. The molecule has 13 heavy (non-hydrogen) atoms. The molecule has 0 unspecified atom stereocenters. The Hall–Kier alpha value is -0.900. The van der Waals surface area contributed by atoms with Gasteiger partial charge in [-0.25, -0.2) is 4.39 Å². The molecule has 0 spiro atoms. The summed E-state index contributed by atoms with van der Waals surface area (Å²) in [6, 6.07) is 3.32. The molecule has 5 heteroatoms. The van der Waals surface area contributed by atoms with E-state index in [9.17, 15) is 13.2 Å². The van der Waals surface area contributed by atoms with E-state index in [-0.39, 0.29) is 11.6 Å². The van der Waals surface area contributed by atoms with Crippen molar-refractivity contribution < 1.29 is 17.9 Å². The van der Waals surface area contributed by atoms with Gasteiger partial charge in [-0.15, -0.1) is 11.6 Å². The highest BCUT2D eigenvalue weighted by Gasteiger charge is 2.09. The van der Waals surface area contributed by atoms with E-state index in [1.165, 1.54) is 6.07 Å². The lowest BCUT2D eigenvalue weighted by atomic mass is 10.2. The zero-order valence-corrected chi connectivity index (χ0v) is 7.19. The first-order valence-corrected chi connectivity index (χ1v) is 3.96. The minimum Gasteiger partial charge on any atom is -0.434 e. The number of alkyl halides is 3. The molecule has 1 aromatic carbocycles. The van der Waals surface area contributed by atoms with Gasteiger partial charge in [-0.05, 0) is 6.07 Å². The number of ether oxygens (including phenoxy) is 1. The number of benzene rings is 1. The summed E-state index contributed by atoms with van der Waals surface area (Å²) in [5.74, 6) is -0.850. The smallest absolute Gasteiger partial charge is 0.387 e. The van der Waals surface area contributed by atoms with E-state index in [0.717, 1.165) is 12.1 Å². The van der Waals surface area contributed by atoms with E-state index in [1.807, 2.05) is 0 Å². The van der Waals surface area contributed by atoms with E-state index in [1.54, 1.807) is 0 Å². The molecule has 0 radical (unpaired) electrons. The van der Waals surface area contributed by atoms with E-state index in [2.05, 4.69) is 4.74 Å². The fourth-order valence-corrected chi connectivity index (χ4v) is 1.07. The minimum absolute atomic E-state index is 0.00231. The lowest BCUT2D eigenvalue weighted by molar-refractivity contribution is -0.0504. The lowest BCUT2D eigenvalue weighted by Crippen LogP contribution is -2.04. The van der Waals surface area contributed by atoms with Crippen LogP contribution >= 0.6 is 11.6 Å².